The van der Waals surface area contributed by atoms with Crippen LogP contribution in [0, 0.1) is 10.1 Å². The van der Waals surface area contributed by atoms with E-state index in [-0.39, 0.29) is 5.96 Å². The number of rotatable bonds is 2. The molecule has 1 aromatic rings. The van der Waals surface area contributed by atoms with E-state index < -0.39 is 28.8 Å². The third-order valence-corrected chi connectivity index (χ3v) is 2.82. The molecule has 0 fully saturated rings. The Labute approximate surface area is 131 Å². The maximum absolute atomic E-state index is 12.7. The smallest absolute Gasteiger partial charge is 0.390 e. The lowest BCUT2D eigenvalue weighted by molar-refractivity contribution is -0.364. The Bertz CT molecular complexity index is 802. The van der Waals surface area contributed by atoms with Crippen molar-refractivity contribution >= 4 is 29.5 Å². The number of hydrogen-bond donors (Lipinski definition) is 1. The zero-order valence-electron chi connectivity index (χ0n) is 11.6. The fourth-order valence-corrected chi connectivity index (χ4v) is 1.95. The van der Waals surface area contributed by atoms with Crippen molar-refractivity contribution in [3.63, 3.8) is 0 Å². The average molecular weight is 340 g/mol. The van der Waals surface area contributed by atoms with Gasteiger partial charge in [-0.2, -0.15) is 4.99 Å². The van der Waals surface area contributed by atoms with Gasteiger partial charge in [0.2, 0.25) is 5.96 Å². The molecule has 2 aliphatic rings. The first-order valence-corrected chi connectivity index (χ1v) is 6.34. The molecule has 0 bridgehead atoms. The molecule has 12 heteroatoms. The second-order valence-electron chi connectivity index (χ2n) is 4.51. The van der Waals surface area contributed by atoms with Gasteiger partial charge in [-0.25, -0.2) is 9.73 Å². The number of anilines is 1. The first kappa shape index (κ1) is 15.7. The minimum Gasteiger partial charge on any atom is -0.390 e. The first-order valence-electron chi connectivity index (χ1n) is 6.34. The third kappa shape index (κ3) is 3.12. The number of fused-ring (bicyclic) bond motifs is 1. The van der Waals surface area contributed by atoms with Crippen LogP contribution < -0.4 is 5.32 Å². The summed E-state index contributed by atoms with van der Waals surface area (Å²) in [5.41, 5.74) is 0.0701. The summed E-state index contributed by atoms with van der Waals surface area (Å²) in [6.45, 7) is 0. The van der Waals surface area contributed by atoms with E-state index in [1.165, 1.54) is 0 Å². The number of halogens is 3. The highest BCUT2D eigenvalue weighted by Crippen LogP contribution is 2.33. The number of aliphatic imine (C=N–C) groups is 4. The Balaban J connectivity index is 1.99. The van der Waals surface area contributed by atoms with Gasteiger partial charge in [0.25, 0.3) is 0 Å². The Hall–Kier alpha value is -3.15. The molecule has 124 valence electrons. The van der Waals surface area contributed by atoms with Gasteiger partial charge in [0, 0.05) is 5.69 Å². The van der Waals surface area contributed by atoms with Crippen molar-refractivity contribution in [1.29, 1.82) is 0 Å². The molecule has 1 aromatic carbocycles. The number of nitrogens with one attached hydrogen (secondary N) is 1. The van der Waals surface area contributed by atoms with Gasteiger partial charge in [-0.1, -0.05) is 23.2 Å². The van der Waals surface area contributed by atoms with Gasteiger partial charge in [0.1, 0.15) is 6.21 Å². The number of hydrogen-bond acceptors (Lipinski definition) is 8. The molecular formula is C12H7F3N6O3. The Morgan fingerprint density at radius 1 is 1.21 bits per heavy atom. The van der Waals surface area contributed by atoms with E-state index in [9.17, 15) is 23.3 Å². The minimum absolute atomic E-state index is 0.250. The second kappa shape index (κ2) is 5.49. The summed E-state index contributed by atoms with van der Waals surface area (Å²) in [5, 5.41) is 13.4. The molecule has 2 heterocycles. The lowest BCUT2D eigenvalue weighted by Crippen LogP contribution is -2.45. The number of para-hydroxylation sites is 1. The molecule has 0 saturated heterocycles. The molecule has 0 amide bonds. The van der Waals surface area contributed by atoms with Gasteiger partial charge < -0.3 is 15.4 Å². The van der Waals surface area contributed by atoms with Crippen LogP contribution in [0.25, 0.3) is 0 Å². The van der Waals surface area contributed by atoms with Crippen LogP contribution >= 0.6 is 0 Å². The Morgan fingerprint density at radius 2 is 1.92 bits per heavy atom. The van der Waals surface area contributed by atoms with Gasteiger partial charge in [-0.3, -0.25) is 0 Å². The molecule has 9 nitrogen and oxygen atoms in total. The molecule has 0 aliphatic carbocycles. The molecule has 1 unspecified atom stereocenters. The van der Waals surface area contributed by atoms with Gasteiger partial charge in [-0.15, -0.1) is 13.2 Å². The van der Waals surface area contributed by atoms with E-state index in [1.54, 1.807) is 30.3 Å². The molecule has 1 N–H and O–H groups in total. The molecule has 2 aliphatic heterocycles. The van der Waals surface area contributed by atoms with Crippen LogP contribution in [-0.2, 0) is 4.74 Å². The molecular weight excluding hydrogens is 333 g/mol. The zero-order valence-corrected chi connectivity index (χ0v) is 11.6. The lowest BCUT2D eigenvalue weighted by Gasteiger charge is -2.20. The number of guanidine groups is 2. The van der Waals surface area contributed by atoms with Gasteiger partial charge >= 0.3 is 18.2 Å². The van der Waals surface area contributed by atoms with E-state index in [2.05, 4.69) is 30.0 Å². The fraction of sp³-hybridized carbons (Fsp3) is 0.167. The topological polar surface area (TPSA) is 114 Å². The van der Waals surface area contributed by atoms with Gasteiger partial charge in [0.05, 0.1) is 0 Å². The maximum atomic E-state index is 12.7. The van der Waals surface area contributed by atoms with Gasteiger partial charge in [-0.05, 0) is 22.0 Å². The number of nitrogens with zero attached hydrogens (tertiary/aromatic N) is 5. The van der Waals surface area contributed by atoms with Crippen molar-refractivity contribution in [3.8, 4) is 0 Å². The summed E-state index contributed by atoms with van der Waals surface area (Å²) in [7, 11) is 0. The fourth-order valence-electron chi connectivity index (χ4n) is 1.95. The van der Waals surface area contributed by atoms with E-state index in [1.807, 2.05) is 0 Å². The highest BCUT2D eigenvalue weighted by molar-refractivity contribution is 6.40. The largest absolute Gasteiger partial charge is 0.527 e. The number of alkyl halides is 3. The first-order chi connectivity index (χ1) is 11.3. The molecule has 0 radical (unpaired) electrons. The molecule has 24 heavy (non-hydrogen) atoms. The second-order valence-corrected chi connectivity index (χ2v) is 4.51. The maximum Gasteiger partial charge on any atom is 0.527 e. The van der Waals surface area contributed by atoms with Crippen LogP contribution in [-0.4, -0.2) is 41.0 Å². The summed E-state index contributed by atoms with van der Waals surface area (Å²) >= 11 is 0. The van der Waals surface area contributed by atoms with Crippen LogP contribution in [0.3, 0.4) is 0 Å². The zero-order chi connectivity index (χ0) is 17.4. The monoisotopic (exact) mass is 340 g/mol. The van der Waals surface area contributed by atoms with E-state index in [4.69, 9.17) is 0 Å². The molecule has 0 aromatic heterocycles. The van der Waals surface area contributed by atoms with Crippen molar-refractivity contribution in [1.82, 2.24) is 0 Å². The van der Waals surface area contributed by atoms with Crippen LogP contribution in [0.1, 0.15) is 0 Å². The van der Waals surface area contributed by atoms with Crippen LogP contribution in [0.5, 0.6) is 0 Å². The summed E-state index contributed by atoms with van der Waals surface area (Å²) < 4.78 is 42.0. The normalized spacial score (nSPS) is 22.4. The standard InChI is InChI=1S/C12H7F3N6O3/c13-12(14,15)24-11-8(6-16-10(20-11)21(22)23)18-9(19-11)17-7-4-2-1-3-5-7/h1-6H,(H,17,19). The number of ether oxygens (including phenoxy) is 1. The van der Waals surface area contributed by atoms with E-state index in [0.29, 0.717) is 5.69 Å². The van der Waals surface area contributed by atoms with Crippen molar-refractivity contribution < 1.29 is 22.8 Å². The van der Waals surface area contributed by atoms with Gasteiger partial charge in [0.15, 0.2) is 5.71 Å². The quantitative estimate of drug-likeness (QED) is 0.653. The van der Waals surface area contributed by atoms with Crippen LogP contribution in [0.15, 0.2) is 50.3 Å². The summed E-state index contributed by atoms with van der Waals surface area (Å²) in [6.07, 6.45) is -4.39. The van der Waals surface area contributed by atoms with Crippen molar-refractivity contribution in [2.45, 2.75) is 12.2 Å². The molecule has 1 atom stereocenters. The average Bonchev–Trinajstić information content (AvgIpc) is 2.82. The predicted molar refractivity (Wildman–Crippen MR) is 77.7 cm³/mol. The number of benzene rings is 1. The minimum atomic E-state index is -5.15. The van der Waals surface area contributed by atoms with Crippen molar-refractivity contribution in [2.24, 2.45) is 20.0 Å². The third-order valence-electron chi connectivity index (χ3n) is 2.82. The van der Waals surface area contributed by atoms with Crippen LogP contribution in [0.2, 0.25) is 0 Å². The molecule has 0 spiro atoms. The molecule has 3 rings (SSSR count). The highest BCUT2D eigenvalue weighted by atomic mass is 19.4. The van der Waals surface area contributed by atoms with Crippen LogP contribution in [0.4, 0.5) is 18.9 Å². The summed E-state index contributed by atoms with van der Waals surface area (Å²) in [6, 6.07) is 8.36. The SMILES string of the molecule is O=[N+]([O-])C1=NC2(OC(F)(F)F)N=C(Nc3ccccc3)N=C2C=N1. The Kier molecular flexibility index (Phi) is 3.60. The number of nitro groups is 1. The van der Waals surface area contributed by atoms with E-state index >= 15 is 0 Å². The van der Waals surface area contributed by atoms with Crippen molar-refractivity contribution in [3.05, 3.63) is 40.4 Å². The summed E-state index contributed by atoms with van der Waals surface area (Å²) in [4.78, 5) is 23.7. The lowest BCUT2D eigenvalue weighted by atomic mass is 10.2. The Morgan fingerprint density at radius 3 is 2.54 bits per heavy atom. The highest BCUT2D eigenvalue weighted by Gasteiger charge is 2.56. The van der Waals surface area contributed by atoms with E-state index in [0.717, 1.165) is 6.21 Å². The predicted octanol–water partition coefficient (Wildman–Crippen LogP) is 1.82. The van der Waals surface area contributed by atoms with Crippen molar-refractivity contribution in [2.75, 3.05) is 5.32 Å². The summed E-state index contributed by atoms with van der Waals surface area (Å²) in [5.74, 6) is -4.04. The molecule has 0 saturated carbocycles.